The van der Waals surface area contributed by atoms with Gasteiger partial charge in [0.25, 0.3) is 0 Å². The van der Waals surface area contributed by atoms with Gasteiger partial charge in [0.2, 0.25) is 21.8 Å². The maximum atomic E-state index is 13.3. The number of rotatable bonds is 11. The number of amides is 2. The summed E-state index contributed by atoms with van der Waals surface area (Å²) in [5, 5.41) is 3.99. The van der Waals surface area contributed by atoms with Crippen molar-refractivity contribution in [3.05, 3.63) is 77.9 Å². The van der Waals surface area contributed by atoms with Crippen molar-refractivity contribution in [3.8, 4) is 0 Å². The van der Waals surface area contributed by atoms with E-state index in [1.165, 1.54) is 6.07 Å². The van der Waals surface area contributed by atoms with Crippen LogP contribution < -0.4 is 21.5 Å². The van der Waals surface area contributed by atoms with Crippen LogP contribution in [0.1, 0.15) is 31.4 Å². The monoisotopic (exact) mass is 566 g/mol. The van der Waals surface area contributed by atoms with Crippen molar-refractivity contribution in [1.82, 2.24) is 10.0 Å². The molecule has 11 heteroatoms. The molecule has 3 aromatic carbocycles. The van der Waals surface area contributed by atoms with Gasteiger partial charge >= 0.3 is 0 Å². The van der Waals surface area contributed by atoms with Gasteiger partial charge in [-0.15, -0.1) is 0 Å². The maximum absolute atomic E-state index is 13.3. The van der Waals surface area contributed by atoms with E-state index in [-0.39, 0.29) is 58.7 Å². The number of nitrogens with two attached hydrogens (primary N) is 2. The predicted molar refractivity (Wildman–Crippen MR) is 160 cm³/mol. The molecule has 0 unspecified atom stereocenters. The highest BCUT2D eigenvalue weighted by atomic mass is 32.2. The molecule has 0 aromatic heterocycles. The minimum atomic E-state index is -4.06. The van der Waals surface area contributed by atoms with E-state index in [2.05, 4.69) is 10.0 Å². The first-order valence-corrected chi connectivity index (χ1v) is 12.6. The van der Waals surface area contributed by atoms with E-state index in [9.17, 15) is 18.0 Å². The third-order valence-electron chi connectivity index (χ3n) is 5.64. The van der Waals surface area contributed by atoms with Gasteiger partial charge < -0.3 is 16.8 Å². The van der Waals surface area contributed by atoms with E-state index < -0.39 is 33.9 Å². The molecule has 0 saturated carbocycles. The van der Waals surface area contributed by atoms with Crippen LogP contribution in [0.15, 0.2) is 71.6 Å². The summed E-state index contributed by atoms with van der Waals surface area (Å²) < 4.78 is 29.2. The van der Waals surface area contributed by atoms with E-state index in [0.29, 0.717) is 11.8 Å². The number of hydrogen-bond donors (Lipinski definition) is 4. The topological polar surface area (TPSA) is 144 Å². The van der Waals surface area contributed by atoms with Gasteiger partial charge in [-0.05, 0) is 48.9 Å². The Bertz CT molecular complexity index is 1270. The summed E-state index contributed by atoms with van der Waals surface area (Å²) in [6.45, 7) is 2.18. The number of primary amides is 1. The van der Waals surface area contributed by atoms with Gasteiger partial charge in [0.05, 0.1) is 4.90 Å². The maximum Gasteiger partial charge on any atom is 0.241 e. The van der Waals surface area contributed by atoms with E-state index in [4.69, 9.17) is 11.5 Å². The summed E-state index contributed by atoms with van der Waals surface area (Å²) >= 11 is 0. The lowest BCUT2D eigenvalue weighted by Gasteiger charge is -2.22. The van der Waals surface area contributed by atoms with Crippen molar-refractivity contribution in [2.45, 2.75) is 50.6 Å². The number of sulfonamides is 1. The number of nitrogens with one attached hydrogen (secondary N) is 2. The number of carbonyl (C=O) groups is 2. The lowest BCUT2D eigenvalue weighted by atomic mass is 10.0. The molecule has 204 valence electrons. The molecule has 0 radical (unpaired) electrons. The van der Waals surface area contributed by atoms with Crippen LogP contribution in [0.5, 0.6) is 0 Å². The fraction of sp³-hybridized carbons (Fsp3) is 0.308. The standard InChI is InChI=1S/C25H30N4O4S.CH4.2H2S/c1-17-13-14-23(20-11-6-5-10-19(17)20)34(32,33)29-21(12-7-15-26)25(31)28-22(24(27)30)16-18-8-3-2-4-9-18;;;/h2-6,8-11,13-14,21-22,29H,7,12,15-16,26H2,1H3,(H2,27,30)(H,28,31);1H4;2*1H2/t21-,22-;;;/m0.../s1. The molecular formula is C26H38N4O4S3. The van der Waals surface area contributed by atoms with E-state index >= 15 is 0 Å². The first kappa shape index (κ1) is 34.4. The van der Waals surface area contributed by atoms with Crippen molar-refractivity contribution in [1.29, 1.82) is 0 Å². The van der Waals surface area contributed by atoms with Gasteiger partial charge in [-0.25, -0.2) is 8.42 Å². The van der Waals surface area contributed by atoms with Gasteiger partial charge in [-0.1, -0.05) is 68.1 Å². The summed E-state index contributed by atoms with van der Waals surface area (Å²) in [6, 6.07) is 17.5. The number of hydrogen-bond acceptors (Lipinski definition) is 5. The highest BCUT2D eigenvalue weighted by Crippen LogP contribution is 2.26. The molecule has 2 amide bonds. The Balaban J connectivity index is 0.00000432. The second-order valence-electron chi connectivity index (χ2n) is 8.18. The average Bonchev–Trinajstić information content (AvgIpc) is 2.82. The minimum Gasteiger partial charge on any atom is -0.368 e. The molecule has 0 bridgehead atoms. The molecule has 6 N–H and O–H groups in total. The molecule has 8 nitrogen and oxygen atoms in total. The summed E-state index contributed by atoms with van der Waals surface area (Å²) in [6.07, 6.45) is 0.776. The average molecular weight is 567 g/mol. The molecule has 0 aliphatic heterocycles. The molecular weight excluding hydrogens is 529 g/mol. The first-order valence-electron chi connectivity index (χ1n) is 11.1. The van der Waals surface area contributed by atoms with Gasteiger partial charge in [-0.3, -0.25) is 9.59 Å². The molecule has 3 rings (SSSR count). The molecule has 2 atom stereocenters. The minimum absolute atomic E-state index is 0. The van der Waals surface area contributed by atoms with E-state index in [0.717, 1.165) is 16.5 Å². The Hall–Kier alpha value is -2.57. The number of aryl methyl sites for hydroxylation is 1. The van der Waals surface area contributed by atoms with Crippen LogP contribution in [-0.4, -0.2) is 38.9 Å². The van der Waals surface area contributed by atoms with Crippen LogP contribution in [0.4, 0.5) is 0 Å². The summed E-state index contributed by atoms with van der Waals surface area (Å²) in [5.74, 6) is -1.34. The van der Waals surface area contributed by atoms with Crippen LogP contribution in [0, 0.1) is 6.92 Å². The van der Waals surface area contributed by atoms with Gasteiger partial charge in [-0.2, -0.15) is 31.7 Å². The summed E-state index contributed by atoms with van der Waals surface area (Å²) in [7, 11) is -4.06. The molecule has 3 aromatic rings. The fourth-order valence-electron chi connectivity index (χ4n) is 3.82. The quantitative estimate of drug-likeness (QED) is 0.282. The van der Waals surface area contributed by atoms with Crippen molar-refractivity contribution in [2.24, 2.45) is 11.5 Å². The van der Waals surface area contributed by atoms with E-state index in [1.54, 1.807) is 18.2 Å². The fourth-order valence-corrected chi connectivity index (χ4v) is 5.26. The highest BCUT2D eigenvalue weighted by Gasteiger charge is 2.29. The van der Waals surface area contributed by atoms with Crippen LogP contribution in [0.25, 0.3) is 10.8 Å². The Morgan fingerprint density at radius 1 is 0.892 bits per heavy atom. The molecule has 0 spiro atoms. The zero-order valence-corrected chi connectivity index (χ0v) is 22.8. The summed E-state index contributed by atoms with van der Waals surface area (Å²) in [5.41, 5.74) is 12.9. The molecule has 37 heavy (non-hydrogen) atoms. The molecule has 0 saturated heterocycles. The van der Waals surface area contributed by atoms with Crippen molar-refractivity contribution >= 4 is 59.6 Å². The first-order chi connectivity index (χ1) is 16.2. The van der Waals surface area contributed by atoms with Gasteiger partial charge in [0, 0.05) is 11.8 Å². The Kier molecular flexibility index (Phi) is 14.5. The largest absolute Gasteiger partial charge is 0.368 e. The smallest absolute Gasteiger partial charge is 0.241 e. The second-order valence-corrected chi connectivity index (χ2v) is 9.87. The van der Waals surface area contributed by atoms with Crippen molar-refractivity contribution in [2.75, 3.05) is 6.54 Å². The summed E-state index contributed by atoms with van der Waals surface area (Å²) in [4.78, 5) is 25.2. The molecule has 0 fully saturated rings. The zero-order chi connectivity index (χ0) is 24.7. The third-order valence-corrected chi connectivity index (χ3v) is 7.17. The highest BCUT2D eigenvalue weighted by molar-refractivity contribution is 7.89. The Labute approximate surface area is 233 Å². The number of benzene rings is 3. The van der Waals surface area contributed by atoms with Gasteiger partial charge in [0.15, 0.2) is 0 Å². The lowest BCUT2D eigenvalue weighted by molar-refractivity contribution is -0.128. The predicted octanol–water partition coefficient (Wildman–Crippen LogP) is 2.61. The van der Waals surface area contributed by atoms with Crippen LogP contribution in [0.3, 0.4) is 0 Å². The van der Waals surface area contributed by atoms with Crippen molar-refractivity contribution in [3.63, 3.8) is 0 Å². The number of carbonyl (C=O) groups excluding carboxylic acids is 2. The SMILES string of the molecule is C.Cc1ccc(S(=O)(=O)N[C@@H](CCCN)C(=O)N[C@@H](Cc2ccccc2)C(N)=O)c2ccccc12.S.S. The van der Waals surface area contributed by atoms with Crippen LogP contribution in [0.2, 0.25) is 0 Å². The lowest BCUT2D eigenvalue weighted by Crippen LogP contribution is -2.53. The second kappa shape index (κ2) is 15.6. The van der Waals surface area contributed by atoms with Crippen LogP contribution in [-0.2, 0) is 26.0 Å². The third kappa shape index (κ3) is 9.04. The Morgan fingerprint density at radius 3 is 2.08 bits per heavy atom. The Morgan fingerprint density at radius 2 is 1.49 bits per heavy atom. The zero-order valence-electron chi connectivity index (χ0n) is 20.0. The molecule has 0 heterocycles. The van der Waals surface area contributed by atoms with Gasteiger partial charge in [0.1, 0.15) is 12.1 Å². The molecule has 0 aliphatic rings. The normalized spacial score (nSPS) is 12.3. The van der Waals surface area contributed by atoms with E-state index in [1.807, 2.05) is 49.4 Å². The number of fused-ring (bicyclic) bond motifs is 1. The van der Waals surface area contributed by atoms with Crippen LogP contribution >= 0.6 is 27.0 Å². The molecule has 0 aliphatic carbocycles. The van der Waals surface area contributed by atoms with Crippen molar-refractivity contribution < 1.29 is 18.0 Å².